The molecule has 0 saturated carbocycles. The fourth-order valence-corrected chi connectivity index (χ4v) is 2.08. The van der Waals surface area contributed by atoms with Crippen LogP contribution in [0.15, 0.2) is 27.8 Å². The first kappa shape index (κ1) is 18.6. The molecule has 0 radical (unpaired) electrons. The molecule has 0 fully saturated rings. The van der Waals surface area contributed by atoms with Crippen LogP contribution >= 0.6 is 0 Å². The van der Waals surface area contributed by atoms with Crippen LogP contribution in [-0.4, -0.2) is 37.3 Å². The molecule has 5 nitrogen and oxygen atoms in total. The lowest BCUT2D eigenvalue weighted by atomic mass is 10.2. The summed E-state index contributed by atoms with van der Waals surface area (Å²) in [5, 5.41) is 15.5. The van der Waals surface area contributed by atoms with Gasteiger partial charge in [0, 0.05) is 32.7 Å². The number of aliphatic hydroxyl groups is 1. The van der Waals surface area contributed by atoms with Crippen molar-refractivity contribution in [1.29, 1.82) is 0 Å². The van der Waals surface area contributed by atoms with Gasteiger partial charge in [-0.25, -0.2) is 0 Å². The zero-order valence-electron chi connectivity index (χ0n) is 13.8. The summed E-state index contributed by atoms with van der Waals surface area (Å²) in [7, 11) is 0. The van der Waals surface area contributed by atoms with Crippen LogP contribution in [0.25, 0.3) is 0 Å². The van der Waals surface area contributed by atoms with E-state index in [1.807, 2.05) is 12.1 Å². The van der Waals surface area contributed by atoms with Gasteiger partial charge in [0.05, 0.1) is 6.26 Å². The number of nitrogens with one attached hydrogen (secondary N) is 2. The number of nitrogens with zero attached hydrogens (tertiary/aromatic N) is 1. The highest BCUT2D eigenvalue weighted by atomic mass is 16.3. The number of aliphatic hydroxyl groups excluding tert-OH is 1. The van der Waals surface area contributed by atoms with E-state index in [-0.39, 0.29) is 0 Å². The zero-order chi connectivity index (χ0) is 15.9. The van der Waals surface area contributed by atoms with Crippen molar-refractivity contribution in [2.45, 2.75) is 51.9 Å². The smallest absolute Gasteiger partial charge is 0.191 e. The summed E-state index contributed by atoms with van der Waals surface area (Å²) in [6.45, 7) is 5.07. The maximum absolute atomic E-state index is 8.75. The SMILES string of the molecule is CCCCNC(=NCCCCCCO)NCCc1ccco1. The first-order valence-electron chi connectivity index (χ1n) is 8.52. The van der Waals surface area contributed by atoms with E-state index in [2.05, 4.69) is 22.5 Å². The molecule has 1 aromatic heterocycles. The summed E-state index contributed by atoms with van der Waals surface area (Å²) in [6, 6.07) is 3.90. The van der Waals surface area contributed by atoms with Gasteiger partial charge in [-0.1, -0.05) is 26.2 Å². The molecule has 5 heteroatoms. The lowest BCUT2D eigenvalue weighted by Crippen LogP contribution is -2.39. The van der Waals surface area contributed by atoms with E-state index < -0.39 is 0 Å². The lowest BCUT2D eigenvalue weighted by Gasteiger charge is -2.12. The van der Waals surface area contributed by atoms with Crippen LogP contribution in [0.2, 0.25) is 0 Å². The Labute approximate surface area is 134 Å². The molecule has 126 valence electrons. The Morgan fingerprint density at radius 2 is 1.95 bits per heavy atom. The van der Waals surface area contributed by atoms with Crippen LogP contribution in [0.1, 0.15) is 51.2 Å². The molecule has 1 heterocycles. The van der Waals surface area contributed by atoms with Crippen molar-refractivity contribution < 1.29 is 9.52 Å². The van der Waals surface area contributed by atoms with Gasteiger partial charge in [0.25, 0.3) is 0 Å². The van der Waals surface area contributed by atoms with Crippen molar-refractivity contribution in [1.82, 2.24) is 10.6 Å². The second-order valence-electron chi connectivity index (χ2n) is 5.40. The molecule has 0 aliphatic carbocycles. The van der Waals surface area contributed by atoms with E-state index in [1.165, 1.54) is 6.42 Å². The first-order valence-corrected chi connectivity index (χ1v) is 8.52. The molecule has 0 saturated heterocycles. The Kier molecular flexibility index (Phi) is 11.1. The molecular weight excluding hydrogens is 278 g/mol. The molecule has 3 N–H and O–H groups in total. The fourth-order valence-electron chi connectivity index (χ4n) is 2.08. The van der Waals surface area contributed by atoms with Crippen molar-refractivity contribution in [2.75, 3.05) is 26.2 Å². The van der Waals surface area contributed by atoms with Crippen LogP contribution in [0, 0.1) is 0 Å². The molecule has 0 atom stereocenters. The van der Waals surface area contributed by atoms with Crippen molar-refractivity contribution in [2.24, 2.45) is 4.99 Å². The highest BCUT2D eigenvalue weighted by Crippen LogP contribution is 2.00. The maximum atomic E-state index is 8.75. The number of rotatable bonds is 12. The topological polar surface area (TPSA) is 69.8 Å². The Morgan fingerprint density at radius 3 is 2.68 bits per heavy atom. The van der Waals surface area contributed by atoms with E-state index in [0.717, 1.165) is 69.9 Å². The van der Waals surface area contributed by atoms with E-state index in [4.69, 9.17) is 9.52 Å². The zero-order valence-corrected chi connectivity index (χ0v) is 13.8. The van der Waals surface area contributed by atoms with Crippen molar-refractivity contribution >= 4 is 5.96 Å². The van der Waals surface area contributed by atoms with Gasteiger partial charge in [-0.05, 0) is 31.4 Å². The number of guanidine groups is 1. The van der Waals surface area contributed by atoms with Gasteiger partial charge in [-0.2, -0.15) is 0 Å². The Hall–Kier alpha value is -1.49. The molecule has 0 spiro atoms. The molecule has 0 unspecified atom stereocenters. The van der Waals surface area contributed by atoms with Crippen LogP contribution in [0.4, 0.5) is 0 Å². The monoisotopic (exact) mass is 309 g/mol. The lowest BCUT2D eigenvalue weighted by molar-refractivity contribution is 0.282. The average Bonchev–Trinajstić information content (AvgIpc) is 3.03. The van der Waals surface area contributed by atoms with Gasteiger partial charge in [0.2, 0.25) is 0 Å². The normalized spacial score (nSPS) is 11.6. The summed E-state index contributed by atoms with van der Waals surface area (Å²) in [5.74, 6) is 1.88. The highest BCUT2D eigenvalue weighted by molar-refractivity contribution is 5.79. The number of aliphatic imine (C=N–C) groups is 1. The second-order valence-corrected chi connectivity index (χ2v) is 5.40. The molecule has 0 amide bonds. The van der Waals surface area contributed by atoms with Crippen molar-refractivity contribution in [3.8, 4) is 0 Å². The van der Waals surface area contributed by atoms with Gasteiger partial charge < -0.3 is 20.2 Å². The van der Waals surface area contributed by atoms with Crippen molar-refractivity contribution in [3.63, 3.8) is 0 Å². The quantitative estimate of drug-likeness (QED) is 0.315. The average molecular weight is 309 g/mol. The first-order chi connectivity index (χ1) is 10.9. The molecule has 1 aromatic rings. The van der Waals surface area contributed by atoms with Crippen molar-refractivity contribution in [3.05, 3.63) is 24.2 Å². The molecule has 0 bridgehead atoms. The Bertz CT molecular complexity index is 377. The summed E-state index contributed by atoms with van der Waals surface area (Å²) in [6.07, 6.45) is 9.05. The maximum Gasteiger partial charge on any atom is 0.191 e. The third-order valence-electron chi connectivity index (χ3n) is 3.40. The minimum Gasteiger partial charge on any atom is -0.469 e. The third kappa shape index (κ3) is 9.45. The third-order valence-corrected chi connectivity index (χ3v) is 3.40. The summed E-state index contributed by atoms with van der Waals surface area (Å²) >= 11 is 0. The van der Waals surface area contributed by atoms with Crippen LogP contribution < -0.4 is 10.6 Å². The molecule has 1 rings (SSSR count). The second kappa shape index (κ2) is 13.2. The predicted octanol–water partition coefficient (Wildman–Crippen LogP) is 2.71. The largest absolute Gasteiger partial charge is 0.469 e. The molecular formula is C17H31N3O2. The van der Waals surface area contributed by atoms with Crippen LogP contribution in [-0.2, 0) is 6.42 Å². The van der Waals surface area contributed by atoms with Gasteiger partial charge in [-0.15, -0.1) is 0 Å². The minimum atomic E-state index is 0.293. The summed E-state index contributed by atoms with van der Waals surface area (Å²) < 4.78 is 5.33. The number of hydrogen-bond acceptors (Lipinski definition) is 3. The van der Waals surface area contributed by atoms with E-state index >= 15 is 0 Å². The van der Waals surface area contributed by atoms with Crippen LogP contribution in [0.3, 0.4) is 0 Å². The molecule has 0 aromatic carbocycles. The van der Waals surface area contributed by atoms with Gasteiger partial charge in [-0.3, -0.25) is 4.99 Å². The number of furan rings is 1. The minimum absolute atomic E-state index is 0.293. The van der Waals surface area contributed by atoms with E-state index in [9.17, 15) is 0 Å². The van der Waals surface area contributed by atoms with E-state index in [0.29, 0.717) is 6.61 Å². The fraction of sp³-hybridized carbons (Fsp3) is 0.706. The summed E-state index contributed by atoms with van der Waals surface area (Å²) in [5.41, 5.74) is 0. The molecule has 0 aliphatic rings. The van der Waals surface area contributed by atoms with E-state index in [1.54, 1.807) is 6.26 Å². The van der Waals surface area contributed by atoms with Gasteiger partial charge in [0.1, 0.15) is 5.76 Å². The predicted molar refractivity (Wildman–Crippen MR) is 91.2 cm³/mol. The van der Waals surface area contributed by atoms with Crippen LogP contribution in [0.5, 0.6) is 0 Å². The van der Waals surface area contributed by atoms with Gasteiger partial charge >= 0.3 is 0 Å². The van der Waals surface area contributed by atoms with Gasteiger partial charge in [0.15, 0.2) is 5.96 Å². The molecule has 22 heavy (non-hydrogen) atoms. The Balaban J connectivity index is 2.24. The number of hydrogen-bond donors (Lipinski definition) is 3. The number of unbranched alkanes of at least 4 members (excludes halogenated alkanes) is 4. The summed E-state index contributed by atoms with van der Waals surface area (Å²) in [4.78, 5) is 4.61. The molecule has 0 aliphatic heterocycles. The highest BCUT2D eigenvalue weighted by Gasteiger charge is 2.00. The standard InChI is InChI=1S/C17H31N3O2/c1-2-3-11-18-17(19-12-6-4-5-7-14-21)20-13-10-16-9-8-15-22-16/h8-9,15,21H,2-7,10-14H2,1H3,(H2,18,19,20). The Morgan fingerprint density at radius 1 is 1.14 bits per heavy atom.